The second-order valence-corrected chi connectivity index (χ2v) is 5.86. The molecule has 0 aliphatic rings. The standard InChI is InChI=1S/C18H22O3/c1-13(19)12-21-17-10-6-15(7-11-17)18(2,3)14-4-8-16(20)9-5-14/h4-11,13,19-20H,12H2,1-3H3/t13-/m0/s1. The Hall–Kier alpha value is -2.00. The molecule has 21 heavy (non-hydrogen) atoms. The average molecular weight is 286 g/mol. The smallest absolute Gasteiger partial charge is 0.119 e. The maximum Gasteiger partial charge on any atom is 0.119 e. The molecule has 0 radical (unpaired) electrons. The van der Waals surface area contributed by atoms with Crippen molar-refractivity contribution >= 4 is 0 Å². The summed E-state index contributed by atoms with van der Waals surface area (Å²) in [5.41, 5.74) is 2.15. The van der Waals surface area contributed by atoms with Gasteiger partial charge in [0.25, 0.3) is 0 Å². The van der Waals surface area contributed by atoms with Crippen LogP contribution in [0.15, 0.2) is 48.5 Å². The maximum absolute atomic E-state index is 9.40. The molecule has 0 aromatic heterocycles. The third-order valence-electron chi connectivity index (χ3n) is 3.66. The van der Waals surface area contributed by atoms with Gasteiger partial charge in [-0.25, -0.2) is 0 Å². The predicted molar refractivity (Wildman–Crippen MR) is 83.9 cm³/mol. The van der Waals surface area contributed by atoms with Gasteiger partial charge in [0.1, 0.15) is 18.1 Å². The van der Waals surface area contributed by atoms with Crippen LogP contribution in [0, 0.1) is 0 Å². The molecule has 112 valence electrons. The predicted octanol–water partition coefficient (Wildman–Crippen LogP) is 3.48. The van der Waals surface area contributed by atoms with Crippen LogP contribution in [0.25, 0.3) is 0 Å². The van der Waals surface area contributed by atoms with Gasteiger partial charge in [0, 0.05) is 5.41 Å². The molecule has 0 aliphatic carbocycles. The number of hydrogen-bond donors (Lipinski definition) is 2. The van der Waals surface area contributed by atoms with E-state index >= 15 is 0 Å². The molecule has 0 amide bonds. The van der Waals surface area contributed by atoms with Crippen LogP contribution >= 0.6 is 0 Å². The van der Waals surface area contributed by atoms with E-state index in [1.807, 2.05) is 36.4 Å². The summed E-state index contributed by atoms with van der Waals surface area (Å²) >= 11 is 0. The van der Waals surface area contributed by atoms with Crippen LogP contribution in [0.3, 0.4) is 0 Å². The van der Waals surface area contributed by atoms with E-state index in [1.165, 1.54) is 0 Å². The lowest BCUT2D eigenvalue weighted by Gasteiger charge is -2.26. The van der Waals surface area contributed by atoms with E-state index < -0.39 is 6.10 Å². The summed E-state index contributed by atoms with van der Waals surface area (Å²) in [6.07, 6.45) is -0.474. The van der Waals surface area contributed by atoms with E-state index in [0.717, 1.165) is 16.9 Å². The number of phenols is 1. The highest BCUT2D eigenvalue weighted by atomic mass is 16.5. The Morgan fingerprint density at radius 1 is 0.952 bits per heavy atom. The SMILES string of the molecule is C[C@H](O)COc1ccc(C(C)(C)c2ccc(O)cc2)cc1. The fourth-order valence-corrected chi connectivity index (χ4v) is 2.23. The van der Waals surface area contributed by atoms with Crippen LogP contribution < -0.4 is 4.74 Å². The van der Waals surface area contributed by atoms with Crippen LogP contribution in [0.4, 0.5) is 0 Å². The molecule has 0 bridgehead atoms. The van der Waals surface area contributed by atoms with E-state index in [4.69, 9.17) is 4.74 Å². The number of hydrogen-bond acceptors (Lipinski definition) is 3. The molecule has 2 N–H and O–H groups in total. The van der Waals surface area contributed by atoms with E-state index in [1.54, 1.807) is 19.1 Å². The van der Waals surface area contributed by atoms with Crippen LogP contribution in [-0.4, -0.2) is 22.9 Å². The molecular formula is C18H22O3. The molecular weight excluding hydrogens is 264 g/mol. The molecule has 1 atom stereocenters. The van der Waals surface area contributed by atoms with Gasteiger partial charge < -0.3 is 14.9 Å². The van der Waals surface area contributed by atoms with Crippen molar-refractivity contribution in [1.29, 1.82) is 0 Å². The Morgan fingerprint density at radius 3 is 1.90 bits per heavy atom. The summed E-state index contributed by atoms with van der Waals surface area (Å²) in [5, 5.41) is 18.6. The normalized spacial score (nSPS) is 13.0. The minimum absolute atomic E-state index is 0.156. The lowest BCUT2D eigenvalue weighted by Crippen LogP contribution is -2.18. The Balaban J connectivity index is 2.18. The average Bonchev–Trinajstić information content (AvgIpc) is 2.46. The van der Waals surface area contributed by atoms with Gasteiger partial charge >= 0.3 is 0 Å². The summed E-state index contributed by atoms with van der Waals surface area (Å²) in [7, 11) is 0. The fourth-order valence-electron chi connectivity index (χ4n) is 2.23. The minimum Gasteiger partial charge on any atom is -0.508 e. The van der Waals surface area contributed by atoms with E-state index in [2.05, 4.69) is 13.8 Å². The van der Waals surface area contributed by atoms with Crippen LogP contribution in [0.5, 0.6) is 11.5 Å². The van der Waals surface area contributed by atoms with E-state index in [-0.39, 0.29) is 11.2 Å². The lowest BCUT2D eigenvalue weighted by atomic mass is 9.78. The molecule has 0 aliphatic heterocycles. The number of aromatic hydroxyl groups is 1. The van der Waals surface area contributed by atoms with Crippen molar-refractivity contribution in [2.75, 3.05) is 6.61 Å². The molecule has 3 heteroatoms. The summed E-state index contributed by atoms with van der Waals surface area (Å²) in [6, 6.07) is 15.2. The van der Waals surface area contributed by atoms with Gasteiger partial charge in [-0.1, -0.05) is 38.1 Å². The molecule has 3 nitrogen and oxygen atoms in total. The fraction of sp³-hybridized carbons (Fsp3) is 0.333. The van der Waals surface area contributed by atoms with Gasteiger partial charge in [0.2, 0.25) is 0 Å². The first-order valence-electron chi connectivity index (χ1n) is 7.10. The van der Waals surface area contributed by atoms with Gasteiger partial charge in [-0.2, -0.15) is 0 Å². The molecule has 0 unspecified atom stereocenters. The number of aliphatic hydroxyl groups excluding tert-OH is 1. The number of benzene rings is 2. The maximum atomic E-state index is 9.40. The highest BCUT2D eigenvalue weighted by Crippen LogP contribution is 2.33. The molecule has 0 spiro atoms. The molecule has 2 aromatic rings. The first-order valence-corrected chi connectivity index (χ1v) is 7.10. The quantitative estimate of drug-likeness (QED) is 0.884. The van der Waals surface area contributed by atoms with Crippen molar-refractivity contribution in [3.05, 3.63) is 59.7 Å². The number of phenolic OH excluding ortho intramolecular Hbond substituents is 1. The highest BCUT2D eigenvalue weighted by molar-refractivity contribution is 5.41. The largest absolute Gasteiger partial charge is 0.508 e. The summed E-state index contributed by atoms with van der Waals surface area (Å²) in [4.78, 5) is 0. The summed E-state index contributed by atoms with van der Waals surface area (Å²) in [5.74, 6) is 1.03. The highest BCUT2D eigenvalue weighted by Gasteiger charge is 2.22. The second kappa shape index (κ2) is 6.19. The first-order chi connectivity index (χ1) is 9.89. The molecule has 0 saturated heterocycles. The van der Waals surface area contributed by atoms with Crippen LogP contribution in [0.2, 0.25) is 0 Å². The Bertz CT molecular complexity index is 568. The van der Waals surface area contributed by atoms with Crippen molar-refractivity contribution in [3.63, 3.8) is 0 Å². The summed E-state index contributed by atoms with van der Waals surface area (Å²) < 4.78 is 5.47. The molecule has 0 heterocycles. The first kappa shape index (κ1) is 15.4. The zero-order chi connectivity index (χ0) is 15.5. The third-order valence-corrected chi connectivity index (χ3v) is 3.66. The van der Waals surface area contributed by atoms with Crippen molar-refractivity contribution in [1.82, 2.24) is 0 Å². The Morgan fingerprint density at radius 2 is 1.43 bits per heavy atom. The Labute approximate surface area is 125 Å². The number of aliphatic hydroxyl groups is 1. The van der Waals surface area contributed by atoms with Crippen molar-refractivity contribution < 1.29 is 14.9 Å². The van der Waals surface area contributed by atoms with Crippen molar-refractivity contribution in [2.24, 2.45) is 0 Å². The number of rotatable bonds is 5. The second-order valence-electron chi connectivity index (χ2n) is 5.86. The molecule has 2 rings (SSSR count). The van der Waals surface area contributed by atoms with Gasteiger partial charge in [-0.3, -0.25) is 0 Å². The lowest BCUT2D eigenvalue weighted by molar-refractivity contribution is 0.122. The minimum atomic E-state index is -0.474. The van der Waals surface area contributed by atoms with E-state index in [0.29, 0.717) is 6.61 Å². The molecule has 2 aromatic carbocycles. The van der Waals surface area contributed by atoms with Gasteiger partial charge in [0.15, 0.2) is 0 Å². The zero-order valence-corrected chi connectivity index (χ0v) is 12.7. The Kier molecular flexibility index (Phi) is 4.53. The topological polar surface area (TPSA) is 49.7 Å². The van der Waals surface area contributed by atoms with Crippen molar-refractivity contribution in [2.45, 2.75) is 32.3 Å². The van der Waals surface area contributed by atoms with Gasteiger partial charge in [-0.15, -0.1) is 0 Å². The molecule has 0 fully saturated rings. The monoisotopic (exact) mass is 286 g/mol. The van der Waals surface area contributed by atoms with Crippen LogP contribution in [-0.2, 0) is 5.41 Å². The summed E-state index contributed by atoms with van der Waals surface area (Å²) in [6.45, 7) is 6.28. The van der Waals surface area contributed by atoms with Gasteiger partial charge in [0.05, 0.1) is 6.10 Å². The van der Waals surface area contributed by atoms with Crippen LogP contribution in [0.1, 0.15) is 31.9 Å². The van der Waals surface area contributed by atoms with E-state index in [9.17, 15) is 10.2 Å². The zero-order valence-electron chi connectivity index (χ0n) is 12.7. The third kappa shape index (κ3) is 3.76. The van der Waals surface area contributed by atoms with Crippen molar-refractivity contribution in [3.8, 4) is 11.5 Å². The van der Waals surface area contributed by atoms with Gasteiger partial charge in [-0.05, 0) is 42.3 Å². The number of ether oxygens (including phenoxy) is 1. The molecule has 0 saturated carbocycles.